The van der Waals surface area contributed by atoms with Crippen LogP contribution in [0.5, 0.6) is 0 Å². The fraction of sp³-hybridized carbons (Fsp3) is 0.250. The van der Waals surface area contributed by atoms with Crippen LogP contribution in [0.3, 0.4) is 0 Å². The van der Waals surface area contributed by atoms with Gasteiger partial charge in [0.2, 0.25) is 0 Å². The Morgan fingerprint density at radius 1 is 1.29 bits per heavy atom. The van der Waals surface area contributed by atoms with Gasteiger partial charge in [0.25, 0.3) is 0 Å². The molecule has 2 N–H and O–H groups in total. The van der Waals surface area contributed by atoms with E-state index < -0.39 is 6.09 Å². The quantitative estimate of drug-likeness (QED) is 0.895. The molecule has 5 nitrogen and oxygen atoms in total. The molecule has 1 aromatic heterocycles. The molecule has 110 valence electrons. The molecule has 0 fully saturated rings. The molecule has 1 aromatic carbocycles. The second kappa shape index (κ2) is 6.74. The first kappa shape index (κ1) is 14.8. The summed E-state index contributed by atoms with van der Waals surface area (Å²) in [7, 11) is 1.32. The Hall–Kier alpha value is -2.56. The lowest BCUT2D eigenvalue weighted by atomic mass is 10.1. The number of ether oxygens (including phenoxy) is 1. The molecule has 2 aromatic rings. The first-order chi connectivity index (χ1) is 10.1. The van der Waals surface area contributed by atoms with Gasteiger partial charge in [-0.1, -0.05) is 25.1 Å². The Labute approximate surface area is 124 Å². The number of carbonyl (C=O) groups excluding carboxylic acids is 1. The number of para-hydroxylation sites is 1. The van der Waals surface area contributed by atoms with Gasteiger partial charge in [0.1, 0.15) is 5.82 Å². The van der Waals surface area contributed by atoms with E-state index in [4.69, 9.17) is 0 Å². The number of amides is 1. The van der Waals surface area contributed by atoms with Crippen molar-refractivity contribution in [2.75, 3.05) is 17.7 Å². The number of anilines is 3. The second-order valence-electron chi connectivity index (χ2n) is 4.64. The van der Waals surface area contributed by atoms with Crippen LogP contribution < -0.4 is 10.6 Å². The summed E-state index contributed by atoms with van der Waals surface area (Å²) in [6.07, 6.45) is 2.10. The van der Waals surface area contributed by atoms with Crippen LogP contribution in [0.1, 0.15) is 18.1 Å². The van der Waals surface area contributed by atoms with Gasteiger partial charge in [-0.3, -0.25) is 5.32 Å². The van der Waals surface area contributed by atoms with Crippen molar-refractivity contribution in [3.63, 3.8) is 0 Å². The Morgan fingerprint density at radius 3 is 2.71 bits per heavy atom. The topological polar surface area (TPSA) is 63.2 Å². The molecule has 0 unspecified atom stereocenters. The molecule has 0 aliphatic carbocycles. The van der Waals surface area contributed by atoms with Crippen molar-refractivity contribution in [3.8, 4) is 0 Å². The SMILES string of the molecule is CCc1cccc(C)c1Nc1ccc(NC(=O)OC)nc1. The maximum absolute atomic E-state index is 11.1. The van der Waals surface area contributed by atoms with E-state index in [0.29, 0.717) is 5.82 Å². The van der Waals surface area contributed by atoms with Gasteiger partial charge in [0.05, 0.1) is 19.0 Å². The lowest BCUT2D eigenvalue weighted by Gasteiger charge is -2.14. The Balaban J connectivity index is 2.16. The molecular formula is C16H19N3O2. The largest absolute Gasteiger partial charge is 0.453 e. The average molecular weight is 285 g/mol. The summed E-state index contributed by atoms with van der Waals surface area (Å²) >= 11 is 0. The lowest BCUT2D eigenvalue weighted by molar-refractivity contribution is 0.187. The van der Waals surface area contributed by atoms with Crippen molar-refractivity contribution in [2.45, 2.75) is 20.3 Å². The number of benzene rings is 1. The van der Waals surface area contributed by atoms with Gasteiger partial charge >= 0.3 is 6.09 Å². The van der Waals surface area contributed by atoms with Crippen LogP contribution in [-0.2, 0) is 11.2 Å². The van der Waals surface area contributed by atoms with Gasteiger partial charge in [-0.05, 0) is 36.6 Å². The van der Waals surface area contributed by atoms with Crippen LogP contribution in [-0.4, -0.2) is 18.2 Å². The van der Waals surface area contributed by atoms with Crippen LogP contribution >= 0.6 is 0 Å². The van der Waals surface area contributed by atoms with E-state index in [-0.39, 0.29) is 0 Å². The summed E-state index contributed by atoms with van der Waals surface area (Å²) in [6, 6.07) is 9.83. The second-order valence-corrected chi connectivity index (χ2v) is 4.64. The number of hydrogen-bond donors (Lipinski definition) is 2. The maximum Gasteiger partial charge on any atom is 0.412 e. The first-order valence-corrected chi connectivity index (χ1v) is 6.80. The van der Waals surface area contributed by atoms with E-state index in [1.807, 2.05) is 6.07 Å². The molecule has 0 bridgehead atoms. The molecular weight excluding hydrogens is 266 g/mol. The molecule has 0 aliphatic rings. The van der Waals surface area contributed by atoms with Crippen LogP contribution in [0, 0.1) is 6.92 Å². The molecule has 0 saturated heterocycles. The number of hydrogen-bond acceptors (Lipinski definition) is 4. The van der Waals surface area contributed by atoms with Crippen molar-refractivity contribution in [3.05, 3.63) is 47.7 Å². The fourth-order valence-electron chi connectivity index (χ4n) is 2.04. The third kappa shape index (κ3) is 3.72. The van der Waals surface area contributed by atoms with E-state index in [1.165, 1.54) is 18.2 Å². The predicted molar refractivity (Wildman–Crippen MR) is 84.1 cm³/mol. The van der Waals surface area contributed by atoms with Crippen LogP contribution in [0.2, 0.25) is 0 Å². The molecule has 0 radical (unpaired) electrons. The maximum atomic E-state index is 11.1. The highest BCUT2D eigenvalue weighted by atomic mass is 16.5. The van der Waals surface area contributed by atoms with Gasteiger partial charge in [-0.15, -0.1) is 0 Å². The van der Waals surface area contributed by atoms with Crippen LogP contribution in [0.4, 0.5) is 22.0 Å². The van der Waals surface area contributed by atoms with Crippen molar-refractivity contribution in [1.82, 2.24) is 4.98 Å². The molecule has 0 saturated carbocycles. The molecule has 1 heterocycles. The third-order valence-corrected chi connectivity index (χ3v) is 3.19. The summed E-state index contributed by atoms with van der Waals surface area (Å²) in [5.41, 5.74) is 4.42. The van der Waals surface area contributed by atoms with Crippen molar-refractivity contribution < 1.29 is 9.53 Å². The lowest BCUT2D eigenvalue weighted by Crippen LogP contribution is -2.12. The Morgan fingerprint density at radius 2 is 2.10 bits per heavy atom. The van der Waals surface area contributed by atoms with Crippen LogP contribution in [0.15, 0.2) is 36.5 Å². The number of aryl methyl sites for hydroxylation is 2. The number of pyridine rings is 1. The fourth-order valence-corrected chi connectivity index (χ4v) is 2.04. The number of nitrogens with zero attached hydrogens (tertiary/aromatic N) is 1. The first-order valence-electron chi connectivity index (χ1n) is 6.80. The average Bonchev–Trinajstić information content (AvgIpc) is 2.51. The monoisotopic (exact) mass is 285 g/mol. The van der Waals surface area contributed by atoms with E-state index in [9.17, 15) is 4.79 Å². The number of rotatable bonds is 4. The summed E-state index contributed by atoms with van der Waals surface area (Å²) < 4.78 is 4.52. The van der Waals surface area contributed by atoms with Crippen LogP contribution in [0.25, 0.3) is 0 Å². The van der Waals surface area contributed by atoms with Gasteiger partial charge < -0.3 is 10.1 Å². The Kier molecular flexibility index (Phi) is 4.77. The summed E-state index contributed by atoms with van der Waals surface area (Å²) in [6.45, 7) is 4.20. The van der Waals surface area contributed by atoms with Gasteiger partial charge in [-0.2, -0.15) is 0 Å². The van der Waals surface area contributed by atoms with E-state index in [2.05, 4.69) is 52.4 Å². The number of carbonyl (C=O) groups is 1. The third-order valence-electron chi connectivity index (χ3n) is 3.19. The molecule has 0 spiro atoms. The van der Waals surface area contributed by atoms with Crippen molar-refractivity contribution >= 4 is 23.3 Å². The predicted octanol–water partition coefficient (Wildman–Crippen LogP) is 3.87. The number of aromatic nitrogens is 1. The molecule has 0 atom stereocenters. The minimum atomic E-state index is -0.532. The molecule has 2 rings (SSSR count). The highest BCUT2D eigenvalue weighted by Gasteiger charge is 2.06. The molecule has 0 aliphatic heterocycles. The minimum Gasteiger partial charge on any atom is -0.453 e. The zero-order chi connectivity index (χ0) is 15.2. The molecule has 21 heavy (non-hydrogen) atoms. The van der Waals surface area contributed by atoms with E-state index in [1.54, 1.807) is 12.3 Å². The van der Waals surface area contributed by atoms with Gasteiger partial charge in [0.15, 0.2) is 0 Å². The molecule has 1 amide bonds. The van der Waals surface area contributed by atoms with Gasteiger partial charge in [0, 0.05) is 5.69 Å². The zero-order valence-corrected chi connectivity index (χ0v) is 12.4. The summed E-state index contributed by atoms with van der Waals surface area (Å²) in [5, 5.41) is 5.90. The normalized spacial score (nSPS) is 10.0. The summed E-state index contributed by atoms with van der Waals surface area (Å²) in [5.74, 6) is 0.452. The molecule has 5 heteroatoms. The standard InChI is InChI=1S/C16H19N3O2/c1-4-12-7-5-6-11(2)15(12)18-13-8-9-14(17-10-13)19-16(20)21-3/h5-10,18H,4H2,1-3H3,(H,17,19,20). The van der Waals surface area contributed by atoms with E-state index in [0.717, 1.165) is 17.8 Å². The zero-order valence-electron chi connectivity index (χ0n) is 12.4. The summed E-state index contributed by atoms with van der Waals surface area (Å²) in [4.78, 5) is 15.3. The number of nitrogens with one attached hydrogen (secondary N) is 2. The Bertz CT molecular complexity index is 624. The van der Waals surface area contributed by atoms with Gasteiger partial charge in [-0.25, -0.2) is 9.78 Å². The minimum absolute atomic E-state index is 0.452. The smallest absolute Gasteiger partial charge is 0.412 e. The van der Waals surface area contributed by atoms with E-state index >= 15 is 0 Å². The highest BCUT2D eigenvalue weighted by Crippen LogP contribution is 2.25. The highest BCUT2D eigenvalue weighted by molar-refractivity contribution is 5.83. The number of methoxy groups -OCH3 is 1. The van der Waals surface area contributed by atoms with Crippen molar-refractivity contribution in [1.29, 1.82) is 0 Å². The van der Waals surface area contributed by atoms with Crippen molar-refractivity contribution in [2.24, 2.45) is 0 Å².